The highest BCUT2D eigenvalue weighted by Gasteiger charge is 2.38. The number of rotatable bonds is 3. The summed E-state index contributed by atoms with van der Waals surface area (Å²) in [5.74, 6) is -0.950. The van der Waals surface area contributed by atoms with Gasteiger partial charge in [0.15, 0.2) is 0 Å². The zero-order valence-corrected chi connectivity index (χ0v) is 15.1. The van der Waals surface area contributed by atoms with E-state index in [-0.39, 0.29) is 23.1 Å². The van der Waals surface area contributed by atoms with Gasteiger partial charge in [-0.1, -0.05) is 28.1 Å². The Bertz CT molecular complexity index is 1120. The number of furan rings is 1. The molecule has 2 aromatic heterocycles. The lowest BCUT2D eigenvalue weighted by atomic mass is 9.86. The maximum absolute atomic E-state index is 11.0. The molecule has 0 saturated carbocycles. The first-order valence-corrected chi connectivity index (χ1v) is 8.44. The molecule has 0 amide bonds. The molecular formula is C17H10BrN5O4. The summed E-state index contributed by atoms with van der Waals surface area (Å²) < 4.78 is 11.7. The Morgan fingerprint density at radius 2 is 2.04 bits per heavy atom. The highest BCUT2D eigenvalue weighted by atomic mass is 79.9. The number of nitro groups is 1. The Morgan fingerprint density at radius 1 is 1.30 bits per heavy atom. The maximum atomic E-state index is 11.0. The molecule has 1 aromatic carbocycles. The van der Waals surface area contributed by atoms with Crippen LogP contribution < -0.4 is 10.5 Å². The first-order valence-electron chi connectivity index (χ1n) is 7.65. The molecule has 3 aromatic rings. The number of benzene rings is 1. The minimum Gasteiger partial charge on any atom is -0.420 e. The summed E-state index contributed by atoms with van der Waals surface area (Å²) in [5.41, 5.74) is 7.87. The van der Waals surface area contributed by atoms with Crippen LogP contribution in [0.3, 0.4) is 0 Å². The van der Waals surface area contributed by atoms with Crippen LogP contribution in [0.4, 0.5) is 5.88 Å². The predicted molar refractivity (Wildman–Crippen MR) is 96.4 cm³/mol. The van der Waals surface area contributed by atoms with Gasteiger partial charge in [-0.25, -0.2) is 0 Å². The van der Waals surface area contributed by atoms with Crippen LogP contribution in [0, 0.1) is 21.4 Å². The number of ether oxygens (including phenoxy) is 1. The van der Waals surface area contributed by atoms with Gasteiger partial charge < -0.3 is 14.9 Å². The lowest BCUT2D eigenvalue weighted by Crippen LogP contribution is -2.20. The van der Waals surface area contributed by atoms with E-state index < -0.39 is 16.7 Å². The van der Waals surface area contributed by atoms with Gasteiger partial charge in [-0.3, -0.25) is 15.2 Å². The van der Waals surface area contributed by atoms with E-state index in [9.17, 15) is 15.4 Å². The fourth-order valence-electron chi connectivity index (χ4n) is 2.96. The molecule has 0 fully saturated rings. The van der Waals surface area contributed by atoms with Gasteiger partial charge in [0.25, 0.3) is 0 Å². The van der Waals surface area contributed by atoms with Gasteiger partial charge in [0.1, 0.15) is 22.3 Å². The molecule has 0 bridgehead atoms. The van der Waals surface area contributed by atoms with Gasteiger partial charge in [0.2, 0.25) is 11.8 Å². The first kappa shape index (κ1) is 16.9. The van der Waals surface area contributed by atoms with Crippen molar-refractivity contribution < 1.29 is 14.1 Å². The van der Waals surface area contributed by atoms with Crippen molar-refractivity contribution in [1.29, 1.82) is 5.26 Å². The topological polar surface area (TPSA) is 144 Å². The van der Waals surface area contributed by atoms with E-state index in [1.165, 1.54) is 12.1 Å². The third-order valence-electron chi connectivity index (χ3n) is 4.15. The molecule has 134 valence electrons. The molecule has 1 unspecified atom stereocenters. The normalized spacial score (nSPS) is 15.8. The fraction of sp³-hybridized carbons (Fsp3) is 0.0588. The van der Waals surface area contributed by atoms with Crippen LogP contribution in [0.15, 0.2) is 56.7 Å². The number of H-pyrrole nitrogens is 1. The van der Waals surface area contributed by atoms with Crippen molar-refractivity contribution in [2.75, 3.05) is 0 Å². The highest BCUT2D eigenvalue weighted by molar-refractivity contribution is 9.10. The molecule has 27 heavy (non-hydrogen) atoms. The van der Waals surface area contributed by atoms with Gasteiger partial charge >= 0.3 is 5.88 Å². The second kappa shape index (κ2) is 6.30. The van der Waals surface area contributed by atoms with Crippen molar-refractivity contribution in [3.05, 3.63) is 73.8 Å². The van der Waals surface area contributed by atoms with E-state index in [0.29, 0.717) is 11.3 Å². The average Bonchev–Trinajstić information content (AvgIpc) is 3.28. The number of aromatic nitrogens is 2. The van der Waals surface area contributed by atoms with Crippen molar-refractivity contribution in [3.63, 3.8) is 0 Å². The van der Waals surface area contributed by atoms with E-state index in [1.54, 1.807) is 0 Å². The molecule has 10 heteroatoms. The van der Waals surface area contributed by atoms with Crippen LogP contribution in [0.2, 0.25) is 0 Å². The second-order valence-electron chi connectivity index (χ2n) is 5.68. The molecule has 0 radical (unpaired) electrons. The predicted octanol–water partition coefficient (Wildman–Crippen LogP) is 3.56. The van der Waals surface area contributed by atoms with E-state index in [2.05, 4.69) is 26.1 Å². The smallest absolute Gasteiger partial charge is 0.420 e. The van der Waals surface area contributed by atoms with Crippen molar-refractivity contribution in [2.24, 2.45) is 5.73 Å². The van der Waals surface area contributed by atoms with Crippen molar-refractivity contribution in [3.8, 4) is 23.2 Å². The Kier molecular flexibility index (Phi) is 3.93. The van der Waals surface area contributed by atoms with Crippen molar-refractivity contribution in [1.82, 2.24) is 10.2 Å². The molecule has 1 atom stereocenters. The average molecular weight is 428 g/mol. The number of halogens is 1. The Balaban J connectivity index is 1.92. The van der Waals surface area contributed by atoms with E-state index in [0.717, 1.165) is 10.0 Å². The fourth-order valence-corrected chi connectivity index (χ4v) is 3.23. The quantitative estimate of drug-likeness (QED) is 0.479. The summed E-state index contributed by atoms with van der Waals surface area (Å²) in [4.78, 5) is 10.3. The van der Waals surface area contributed by atoms with Crippen LogP contribution in [0.1, 0.15) is 17.2 Å². The van der Waals surface area contributed by atoms with Crippen molar-refractivity contribution >= 4 is 21.8 Å². The van der Waals surface area contributed by atoms with Crippen LogP contribution in [-0.4, -0.2) is 15.1 Å². The Morgan fingerprint density at radius 3 is 2.67 bits per heavy atom. The largest absolute Gasteiger partial charge is 0.433 e. The molecule has 1 aliphatic heterocycles. The maximum Gasteiger partial charge on any atom is 0.433 e. The van der Waals surface area contributed by atoms with Gasteiger partial charge in [-0.2, -0.15) is 5.26 Å². The Labute approximate surface area is 160 Å². The third-order valence-corrected chi connectivity index (χ3v) is 4.68. The minimum absolute atomic E-state index is 0.0894. The number of hydrogen-bond acceptors (Lipinski definition) is 7. The summed E-state index contributed by atoms with van der Waals surface area (Å²) >= 11 is 3.38. The summed E-state index contributed by atoms with van der Waals surface area (Å²) in [6.45, 7) is 0. The van der Waals surface area contributed by atoms with Gasteiger partial charge in [0, 0.05) is 10.0 Å². The second-order valence-corrected chi connectivity index (χ2v) is 6.60. The van der Waals surface area contributed by atoms with E-state index in [1.807, 2.05) is 30.3 Å². The zero-order chi connectivity index (χ0) is 19.1. The van der Waals surface area contributed by atoms with Crippen LogP contribution in [-0.2, 0) is 0 Å². The molecule has 3 heterocycles. The molecule has 3 N–H and O–H groups in total. The number of nitrogens with two attached hydrogens (primary N) is 1. The van der Waals surface area contributed by atoms with Crippen LogP contribution in [0.25, 0.3) is 11.3 Å². The summed E-state index contributed by atoms with van der Waals surface area (Å²) in [6.07, 6.45) is 0. The number of allylic oxidation sites excluding steroid dienone is 1. The third kappa shape index (κ3) is 2.74. The highest BCUT2D eigenvalue weighted by Crippen LogP contribution is 2.46. The van der Waals surface area contributed by atoms with Gasteiger partial charge in [0.05, 0.1) is 23.2 Å². The molecule has 9 nitrogen and oxygen atoms in total. The summed E-state index contributed by atoms with van der Waals surface area (Å²) in [6, 6.07) is 12.1. The number of nitriles is 1. The summed E-state index contributed by atoms with van der Waals surface area (Å²) in [5, 5.41) is 27.6. The number of aromatic amines is 1. The summed E-state index contributed by atoms with van der Waals surface area (Å²) in [7, 11) is 0. The number of fused-ring (bicyclic) bond motifs is 1. The van der Waals surface area contributed by atoms with Gasteiger partial charge in [-0.15, -0.1) is 5.10 Å². The molecule has 0 aliphatic carbocycles. The number of hydrogen-bond donors (Lipinski definition) is 2. The molecule has 1 aliphatic rings. The SMILES string of the molecule is N#CC1=C(N)Oc2n[nH]c(-c3ccc(Br)cc3)c2C1c1ccc([N+](=O)[O-])o1. The lowest BCUT2D eigenvalue weighted by Gasteiger charge is -2.21. The van der Waals surface area contributed by atoms with E-state index in [4.69, 9.17) is 14.9 Å². The molecular weight excluding hydrogens is 418 g/mol. The van der Waals surface area contributed by atoms with E-state index >= 15 is 0 Å². The Hall–Kier alpha value is -3.58. The molecule has 0 spiro atoms. The monoisotopic (exact) mass is 427 g/mol. The number of nitrogens with zero attached hydrogens (tertiary/aromatic N) is 3. The standard InChI is InChI=1S/C17H10BrN5O4/c18-9-3-1-8(2-4-9)15-14-13(11-5-6-12(26-11)23(24)25)10(7-19)16(20)27-17(14)22-21-15/h1-6,13H,20H2,(H,21,22). The zero-order valence-electron chi connectivity index (χ0n) is 13.5. The number of nitrogens with one attached hydrogen (secondary N) is 1. The van der Waals surface area contributed by atoms with Gasteiger partial charge in [-0.05, 0) is 18.2 Å². The van der Waals surface area contributed by atoms with Crippen LogP contribution >= 0.6 is 15.9 Å². The minimum atomic E-state index is -0.787. The lowest BCUT2D eigenvalue weighted by molar-refractivity contribution is -0.402. The molecule has 4 rings (SSSR count). The van der Waals surface area contributed by atoms with Crippen LogP contribution in [0.5, 0.6) is 5.88 Å². The molecule has 0 saturated heterocycles. The van der Waals surface area contributed by atoms with Crippen molar-refractivity contribution in [2.45, 2.75) is 5.92 Å². The first-order chi connectivity index (χ1) is 13.0.